The van der Waals surface area contributed by atoms with Gasteiger partial charge in [0.2, 0.25) is 0 Å². The van der Waals surface area contributed by atoms with Crippen LogP contribution in [0.1, 0.15) is 12.5 Å². The van der Waals surface area contributed by atoms with E-state index in [1.165, 1.54) is 0 Å². The van der Waals surface area contributed by atoms with E-state index in [2.05, 4.69) is 0 Å². The third-order valence-corrected chi connectivity index (χ3v) is 2.74. The maximum Gasteiger partial charge on any atom is 0.134 e. The van der Waals surface area contributed by atoms with Crippen LogP contribution in [0.4, 0.5) is 0 Å². The third kappa shape index (κ3) is 4.76. The summed E-state index contributed by atoms with van der Waals surface area (Å²) in [6.07, 6.45) is 0.470. The van der Waals surface area contributed by atoms with E-state index in [1.807, 2.05) is 54.6 Å². The molecule has 0 unspecified atom stereocenters. The molecule has 0 aliphatic heterocycles. The number of ketones is 1. The lowest BCUT2D eigenvalue weighted by Gasteiger charge is -2.08. The molecule has 0 saturated carbocycles. The highest BCUT2D eigenvalue weighted by molar-refractivity contribution is 5.78. The molecular weight excluding hydrogens is 252 g/mol. The molecule has 2 rings (SSSR count). The van der Waals surface area contributed by atoms with E-state index in [4.69, 9.17) is 9.47 Å². The SMILES string of the molecule is CC(=O)Cc1ccc(OCCOc2ccccc2)cc1. The summed E-state index contributed by atoms with van der Waals surface area (Å²) < 4.78 is 11.1. The van der Waals surface area contributed by atoms with Crippen LogP contribution in [0, 0.1) is 0 Å². The average molecular weight is 270 g/mol. The predicted octanol–water partition coefficient (Wildman–Crippen LogP) is 3.28. The third-order valence-electron chi connectivity index (χ3n) is 2.74. The van der Waals surface area contributed by atoms with Gasteiger partial charge in [-0.3, -0.25) is 4.79 Å². The maximum absolute atomic E-state index is 11.0. The van der Waals surface area contributed by atoms with Gasteiger partial charge in [-0.1, -0.05) is 30.3 Å². The van der Waals surface area contributed by atoms with Crippen LogP contribution in [0.2, 0.25) is 0 Å². The summed E-state index contributed by atoms with van der Waals surface area (Å²) in [5.74, 6) is 1.79. The number of Topliss-reactive ketones (excluding diaryl/α,β-unsaturated/α-hetero) is 1. The Kier molecular flexibility index (Phi) is 5.18. The summed E-state index contributed by atoms with van der Waals surface area (Å²) in [7, 11) is 0. The Morgan fingerprint density at radius 3 is 1.95 bits per heavy atom. The molecule has 2 aromatic carbocycles. The van der Waals surface area contributed by atoms with E-state index in [0.29, 0.717) is 19.6 Å². The minimum Gasteiger partial charge on any atom is -0.490 e. The fraction of sp³-hybridized carbons (Fsp3) is 0.235. The molecule has 104 valence electrons. The van der Waals surface area contributed by atoms with Crippen LogP contribution in [-0.4, -0.2) is 19.0 Å². The molecule has 0 radical (unpaired) electrons. The Morgan fingerprint density at radius 2 is 1.40 bits per heavy atom. The topological polar surface area (TPSA) is 35.5 Å². The molecule has 0 amide bonds. The smallest absolute Gasteiger partial charge is 0.134 e. The van der Waals surface area contributed by atoms with Crippen molar-refractivity contribution in [1.29, 1.82) is 0 Å². The zero-order valence-electron chi connectivity index (χ0n) is 11.5. The molecular formula is C17H18O3. The van der Waals surface area contributed by atoms with Crippen molar-refractivity contribution in [2.75, 3.05) is 13.2 Å². The molecule has 0 N–H and O–H groups in total. The van der Waals surface area contributed by atoms with Crippen molar-refractivity contribution >= 4 is 5.78 Å². The standard InChI is InChI=1S/C17H18O3/c1-14(18)13-15-7-9-17(10-8-15)20-12-11-19-16-5-3-2-4-6-16/h2-10H,11-13H2,1H3. The largest absolute Gasteiger partial charge is 0.490 e. The van der Waals surface area contributed by atoms with Crippen molar-refractivity contribution in [3.05, 3.63) is 60.2 Å². The summed E-state index contributed by atoms with van der Waals surface area (Å²) in [6.45, 7) is 2.57. The first kappa shape index (κ1) is 14.1. The Balaban J connectivity index is 1.73. The zero-order chi connectivity index (χ0) is 14.2. The van der Waals surface area contributed by atoms with Gasteiger partial charge < -0.3 is 9.47 Å². The fourth-order valence-corrected chi connectivity index (χ4v) is 1.83. The van der Waals surface area contributed by atoms with Crippen LogP contribution in [0.15, 0.2) is 54.6 Å². The normalized spacial score (nSPS) is 10.1. The summed E-state index contributed by atoms with van der Waals surface area (Å²) in [5.41, 5.74) is 1.00. The molecule has 0 heterocycles. The van der Waals surface area contributed by atoms with Crippen LogP contribution in [0.5, 0.6) is 11.5 Å². The van der Waals surface area contributed by atoms with Crippen molar-refractivity contribution in [1.82, 2.24) is 0 Å². The number of rotatable bonds is 7. The number of para-hydroxylation sites is 1. The highest BCUT2D eigenvalue weighted by atomic mass is 16.5. The number of carbonyl (C=O) groups is 1. The van der Waals surface area contributed by atoms with E-state index in [0.717, 1.165) is 17.1 Å². The number of hydrogen-bond acceptors (Lipinski definition) is 3. The van der Waals surface area contributed by atoms with Crippen LogP contribution in [-0.2, 0) is 11.2 Å². The lowest BCUT2D eigenvalue weighted by Crippen LogP contribution is -2.08. The number of ether oxygens (including phenoxy) is 2. The summed E-state index contributed by atoms with van der Waals surface area (Å²) >= 11 is 0. The van der Waals surface area contributed by atoms with Gasteiger partial charge in [0.1, 0.15) is 30.5 Å². The number of hydrogen-bond donors (Lipinski definition) is 0. The molecule has 0 atom stereocenters. The lowest BCUT2D eigenvalue weighted by molar-refractivity contribution is -0.116. The molecule has 0 fully saturated rings. The van der Waals surface area contributed by atoms with E-state index < -0.39 is 0 Å². The molecule has 0 bridgehead atoms. The van der Waals surface area contributed by atoms with Gasteiger partial charge in [0.25, 0.3) is 0 Å². The second kappa shape index (κ2) is 7.34. The Labute approximate surface area is 119 Å². The molecule has 0 aliphatic rings. The minimum atomic E-state index is 0.162. The fourth-order valence-electron chi connectivity index (χ4n) is 1.83. The molecule has 0 aliphatic carbocycles. The van der Waals surface area contributed by atoms with Crippen molar-refractivity contribution in [3.63, 3.8) is 0 Å². The molecule has 0 saturated heterocycles. The quantitative estimate of drug-likeness (QED) is 0.724. The first-order valence-electron chi connectivity index (χ1n) is 6.63. The molecule has 2 aromatic rings. The first-order chi connectivity index (χ1) is 9.74. The van der Waals surface area contributed by atoms with Gasteiger partial charge in [-0.15, -0.1) is 0 Å². The summed E-state index contributed by atoms with van der Waals surface area (Å²) in [4.78, 5) is 11.0. The van der Waals surface area contributed by atoms with Gasteiger partial charge >= 0.3 is 0 Å². The Hall–Kier alpha value is -2.29. The van der Waals surface area contributed by atoms with Gasteiger partial charge in [0.05, 0.1) is 0 Å². The lowest BCUT2D eigenvalue weighted by atomic mass is 10.1. The van der Waals surface area contributed by atoms with Crippen LogP contribution >= 0.6 is 0 Å². The predicted molar refractivity (Wildman–Crippen MR) is 78.3 cm³/mol. The van der Waals surface area contributed by atoms with Gasteiger partial charge in [0.15, 0.2) is 0 Å². The van der Waals surface area contributed by atoms with Crippen molar-refractivity contribution in [2.45, 2.75) is 13.3 Å². The highest BCUT2D eigenvalue weighted by Crippen LogP contribution is 2.13. The highest BCUT2D eigenvalue weighted by Gasteiger charge is 1.99. The van der Waals surface area contributed by atoms with Gasteiger partial charge in [-0.2, -0.15) is 0 Å². The van der Waals surface area contributed by atoms with Gasteiger partial charge in [0, 0.05) is 6.42 Å². The van der Waals surface area contributed by atoms with Crippen LogP contribution in [0.25, 0.3) is 0 Å². The van der Waals surface area contributed by atoms with Crippen molar-refractivity contribution < 1.29 is 14.3 Å². The minimum absolute atomic E-state index is 0.162. The van der Waals surface area contributed by atoms with E-state index >= 15 is 0 Å². The summed E-state index contributed by atoms with van der Waals surface area (Å²) in [5, 5.41) is 0. The van der Waals surface area contributed by atoms with E-state index in [1.54, 1.807) is 6.92 Å². The first-order valence-corrected chi connectivity index (χ1v) is 6.63. The summed E-state index contributed by atoms with van der Waals surface area (Å²) in [6, 6.07) is 17.2. The average Bonchev–Trinajstić information content (AvgIpc) is 2.46. The second-order valence-corrected chi connectivity index (χ2v) is 4.53. The van der Waals surface area contributed by atoms with Crippen LogP contribution in [0.3, 0.4) is 0 Å². The van der Waals surface area contributed by atoms with Crippen molar-refractivity contribution in [3.8, 4) is 11.5 Å². The molecule has 3 nitrogen and oxygen atoms in total. The van der Waals surface area contributed by atoms with Crippen molar-refractivity contribution in [2.24, 2.45) is 0 Å². The molecule has 0 aromatic heterocycles. The molecule has 20 heavy (non-hydrogen) atoms. The van der Waals surface area contributed by atoms with Crippen LogP contribution < -0.4 is 9.47 Å². The maximum atomic E-state index is 11.0. The molecule has 0 spiro atoms. The zero-order valence-corrected chi connectivity index (χ0v) is 11.5. The van der Waals surface area contributed by atoms with Gasteiger partial charge in [-0.25, -0.2) is 0 Å². The number of carbonyl (C=O) groups excluding carboxylic acids is 1. The Bertz CT molecular complexity index is 532. The monoisotopic (exact) mass is 270 g/mol. The Morgan fingerprint density at radius 1 is 0.850 bits per heavy atom. The number of benzene rings is 2. The second-order valence-electron chi connectivity index (χ2n) is 4.53. The van der Waals surface area contributed by atoms with E-state index in [-0.39, 0.29) is 5.78 Å². The van der Waals surface area contributed by atoms with E-state index in [9.17, 15) is 4.79 Å². The molecule has 3 heteroatoms. The van der Waals surface area contributed by atoms with Gasteiger partial charge in [-0.05, 0) is 36.8 Å².